The van der Waals surface area contributed by atoms with Gasteiger partial charge in [0.25, 0.3) is 0 Å². The van der Waals surface area contributed by atoms with Crippen molar-refractivity contribution >= 4 is 11.9 Å². The molecule has 0 aromatic rings. The average molecular weight is 697 g/mol. The van der Waals surface area contributed by atoms with E-state index in [-0.39, 0.29) is 25.6 Å². The predicted molar refractivity (Wildman–Crippen MR) is 202 cm³/mol. The van der Waals surface area contributed by atoms with E-state index in [0.717, 1.165) is 38.5 Å². The maximum Gasteiger partial charge on any atom is 0.306 e. The summed E-state index contributed by atoms with van der Waals surface area (Å²) in [6.45, 7) is 4.34. The van der Waals surface area contributed by atoms with Gasteiger partial charge in [0.2, 0.25) is 0 Å². The monoisotopic (exact) mass is 697 g/mol. The quantitative estimate of drug-likeness (QED) is 0.0502. The van der Waals surface area contributed by atoms with Gasteiger partial charge in [0.15, 0.2) is 6.10 Å². The number of aliphatic hydroxyl groups is 2. The highest BCUT2D eigenvalue weighted by Gasteiger charge is 2.41. The lowest BCUT2D eigenvalue weighted by molar-refractivity contribution is -0.216. The summed E-state index contributed by atoms with van der Waals surface area (Å²) in [6.07, 6.45) is 34.4. The molecule has 7 nitrogen and oxygen atoms in total. The number of carbonyl (C=O) groups excluding carboxylic acids is 2. The van der Waals surface area contributed by atoms with E-state index < -0.39 is 30.4 Å². The highest BCUT2D eigenvalue weighted by atomic mass is 16.6. The van der Waals surface area contributed by atoms with Crippen LogP contribution in [-0.4, -0.2) is 59.8 Å². The van der Waals surface area contributed by atoms with Crippen molar-refractivity contribution in [3.05, 3.63) is 0 Å². The zero-order valence-corrected chi connectivity index (χ0v) is 32.3. The summed E-state index contributed by atoms with van der Waals surface area (Å²) in [5.74, 6) is -0.720. The van der Waals surface area contributed by atoms with E-state index in [1.54, 1.807) is 0 Å². The molecule has 1 aliphatic rings. The summed E-state index contributed by atoms with van der Waals surface area (Å²) in [4.78, 5) is 24.7. The molecule has 0 aliphatic carbocycles. The Balaban J connectivity index is 2.01. The Labute approximate surface area is 302 Å². The smallest absolute Gasteiger partial charge is 0.306 e. The van der Waals surface area contributed by atoms with Gasteiger partial charge in [0.05, 0.1) is 6.61 Å². The molecule has 1 aliphatic heterocycles. The molecule has 1 saturated heterocycles. The van der Waals surface area contributed by atoms with Gasteiger partial charge >= 0.3 is 11.9 Å². The molecule has 0 aromatic carbocycles. The lowest BCUT2D eigenvalue weighted by atomic mass is 10.00. The van der Waals surface area contributed by atoms with Gasteiger partial charge in [-0.25, -0.2) is 0 Å². The van der Waals surface area contributed by atoms with E-state index >= 15 is 0 Å². The molecule has 0 radical (unpaired) electrons. The van der Waals surface area contributed by atoms with Crippen LogP contribution in [0.25, 0.3) is 0 Å². The lowest BCUT2D eigenvalue weighted by Crippen LogP contribution is -2.56. The van der Waals surface area contributed by atoms with Gasteiger partial charge in [0, 0.05) is 12.8 Å². The molecule has 0 spiro atoms. The van der Waals surface area contributed by atoms with Crippen molar-refractivity contribution in [1.29, 1.82) is 0 Å². The van der Waals surface area contributed by atoms with E-state index in [2.05, 4.69) is 13.8 Å². The third-order valence-electron chi connectivity index (χ3n) is 10.2. The van der Waals surface area contributed by atoms with Gasteiger partial charge < -0.3 is 24.4 Å². The Kier molecular flexibility index (Phi) is 31.7. The van der Waals surface area contributed by atoms with Gasteiger partial charge in [-0.3, -0.25) is 9.59 Å². The van der Waals surface area contributed by atoms with Crippen LogP contribution in [0.5, 0.6) is 0 Å². The summed E-state index contributed by atoms with van der Waals surface area (Å²) in [6, 6.07) is 0. The summed E-state index contributed by atoms with van der Waals surface area (Å²) in [7, 11) is 0. The highest BCUT2D eigenvalue weighted by molar-refractivity contribution is 5.70. The van der Waals surface area contributed by atoms with Gasteiger partial charge in [-0.1, -0.05) is 194 Å². The molecule has 290 valence electrons. The molecule has 2 N–H and O–H groups in total. The molecule has 1 fully saturated rings. The van der Waals surface area contributed by atoms with Crippen LogP contribution in [0, 0.1) is 0 Å². The normalized spacial score (nSPS) is 19.3. The molecule has 7 heteroatoms. The molecule has 1 heterocycles. The fraction of sp³-hybridized carbons (Fsp3) is 0.952. The summed E-state index contributed by atoms with van der Waals surface area (Å²) >= 11 is 0. The summed E-state index contributed by atoms with van der Waals surface area (Å²) in [5.41, 5.74) is 0. The SMILES string of the molecule is CCCCCCCCCCCCCCCCCC(=O)OCC1OCC(O)C(OC(=O)CCCCCCCCCCCCCCCCC)C1O. The Morgan fingerprint density at radius 3 is 1.20 bits per heavy atom. The Morgan fingerprint density at radius 2 is 0.837 bits per heavy atom. The van der Waals surface area contributed by atoms with Crippen LogP contribution in [0.15, 0.2) is 0 Å². The molecular formula is C42H80O7. The third-order valence-corrected chi connectivity index (χ3v) is 10.2. The van der Waals surface area contributed by atoms with Crippen LogP contribution >= 0.6 is 0 Å². The number of carbonyl (C=O) groups is 2. The van der Waals surface area contributed by atoms with E-state index in [9.17, 15) is 19.8 Å². The minimum Gasteiger partial charge on any atom is -0.463 e. The molecule has 49 heavy (non-hydrogen) atoms. The van der Waals surface area contributed by atoms with Crippen LogP contribution in [0.4, 0.5) is 0 Å². The van der Waals surface area contributed by atoms with Crippen molar-refractivity contribution in [2.45, 2.75) is 244 Å². The summed E-state index contributed by atoms with van der Waals surface area (Å²) in [5, 5.41) is 21.0. The first-order chi connectivity index (χ1) is 24.0. The predicted octanol–water partition coefficient (Wildman–Crippen LogP) is 11.1. The fourth-order valence-electron chi connectivity index (χ4n) is 6.89. The zero-order chi connectivity index (χ0) is 35.6. The van der Waals surface area contributed by atoms with E-state index in [1.165, 1.54) is 154 Å². The maximum atomic E-state index is 12.5. The van der Waals surface area contributed by atoms with Gasteiger partial charge in [-0.05, 0) is 12.8 Å². The Hall–Kier alpha value is -1.18. The largest absolute Gasteiger partial charge is 0.463 e. The molecule has 0 amide bonds. The van der Waals surface area contributed by atoms with Crippen LogP contribution in [0.3, 0.4) is 0 Å². The topological polar surface area (TPSA) is 102 Å². The highest BCUT2D eigenvalue weighted by Crippen LogP contribution is 2.21. The molecule has 0 aromatic heterocycles. The van der Waals surface area contributed by atoms with Gasteiger partial charge in [-0.15, -0.1) is 0 Å². The first-order valence-corrected chi connectivity index (χ1v) is 21.3. The van der Waals surface area contributed by atoms with Gasteiger partial charge in [0.1, 0.15) is 24.9 Å². The number of unbranched alkanes of at least 4 members (excludes halogenated alkanes) is 28. The fourth-order valence-corrected chi connectivity index (χ4v) is 6.89. The molecule has 0 bridgehead atoms. The van der Waals surface area contributed by atoms with E-state index in [1.807, 2.05) is 0 Å². The van der Waals surface area contributed by atoms with Crippen LogP contribution in [0.2, 0.25) is 0 Å². The number of ether oxygens (including phenoxy) is 3. The number of hydrogen-bond acceptors (Lipinski definition) is 7. The van der Waals surface area contributed by atoms with Crippen molar-refractivity contribution in [3.8, 4) is 0 Å². The first kappa shape index (κ1) is 45.8. The molecule has 0 saturated carbocycles. The van der Waals surface area contributed by atoms with Crippen molar-refractivity contribution in [2.75, 3.05) is 13.2 Å². The number of aliphatic hydroxyl groups excluding tert-OH is 2. The number of rotatable bonds is 35. The van der Waals surface area contributed by atoms with E-state index in [4.69, 9.17) is 14.2 Å². The third kappa shape index (κ3) is 27.2. The number of esters is 2. The second kappa shape index (κ2) is 33.9. The molecule has 4 atom stereocenters. The zero-order valence-electron chi connectivity index (χ0n) is 32.3. The van der Waals surface area contributed by atoms with Crippen LogP contribution < -0.4 is 0 Å². The van der Waals surface area contributed by atoms with E-state index in [0.29, 0.717) is 6.42 Å². The molecular weight excluding hydrogens is 616 g/mol. The number of hydrogen-bond donors (Lipinski definition) is 2. The van der Waals surface area contributed by atoms with Crippen molar-refractivity contribution < 1.29 is 34.0 Å². The second-order valence-corrected chi connectivity index (χ2v) is 15.0. The Bertz CT molecular complexity index is 745. The van der Waals surface area contributed by atoms with Crippen molar-refractivity contribution in [2.24, 2.45) is 0 Å². The second-order valence-electron chi connectivity index (χ2n) is 15.0. The van der Waals surface area contributed by atoms with Crippen LogP contribution in [0.1, 0.15) is 219 Å². The van der Waals surface area contributed by atoms with Crippen molar-refractivity contribution in [1.82, 2.24) is 0 Å². The minimum atomic E-state index is -1.24. The molecule has 4 unspecified atom stereocenters. The average Bonchev–Trinajstić information content (AvgIpc) is 3.09. The van der Waals surface area contributed by atoms with Gasteiger partial charge in [-0.2, -0.15) is 0 Å². The first-order valence-electron chi connectivity index (χ1n) is 21.3. The van der Waals surface area contributed by atoms with Crippen LogP contribution in [-0.2, 0) is 23.8 Å². The Morgan fingerprint density at radius 1 is 0.510 bits per heavy atom. The standard InChI is InChI=1S/C42H80O7/c1-3-5-7-9-11-13-15-17-19-21-23-25-27-29-31-33-39(44)48-36-38-41(46)42(37(43)35-47-38)49-40(45)34-32-30-28-26-24-22-20-18-16-14-12-10-8-6-4-2/h37-38,41-43,46H,3-36H2,1-2H3. The lowest BCUT2D eigenvalue weighted by Gasteiger charge is -2.37. The maximum absolute atomic E-state index is 12.5. The minimum absolute atomic E-state index is 0.0742. The summed E-state index contributed by atoms with van der Waals surface area (Å²) < 4.78 is 16.4. The molecule has 1 rings (SSSR count). The van der Waals surface area contributed by atoms with Crippen molar-refractivity contribution in [3.63, 3.8) is 0 Å².